The van der Waals surface area contributed by atoms with E-state index in [1.165, 1.54) is 11.3 Å². The molecule has 21 heavy (non-hydrogen) atoms. The number of carbonyl (C=O) groups is 1. The fourth-order valence-corrected chi connectivity index (χ4v) is 2.27. The van der Waals surface area contributed by atoms with Crippen molar-refractivity contribution in [3.63, 3.8) is 0 Å². The van der Waals surface area contributed by atoms with E-state index >= 15 is 0 Å². The molecular formula is C15H14N2O3S. The molecule has 1 amide bonds. The Balaban J connectivity index is 2.18. The number of benzene rings is 1. The molecule has 1 heterocycles. The molecule has 0 aliphatic rings. The molecule has 0 radical (unpaired) electrons. The number of hydrogen-bond acceptors (Lipinski definition) is 5. The van der Waals surface area contributed by atoms with E-state index in [-0.39, 0.29) is 5.91 Å². The summed E-state index contributed by atoms with van der Waals surface area (Å²) < 4.78 is 10.5. The van der Waals surface area contributed by atoms with Crippen molar-refractivity contribution >= 4 is 22.9 Å². The Morgan fingerprint density at radius 2 is 2.24 bits per heavy atom. The molecular weight excluding hydrogens is 288 g/mol. The SMILES string of the molecule is COCCOc1ccc(C#N)cc1NC(=O)c1cccs1. The minimum atomic E-state index is -0.225. The lowest BCUT2D eigenvalue weighted by atomic mass is 10.2. The fraction of sp³-hybridized carbons (Fsp3) is 0.200. The van der Waals surface area contributed by atoms with Gasteiger partial charge in [-0.2, -0.15) is 5.26 Å². The first-order chi connectivity index (χ1) is 10.2. The highest BCUT2D eigenvalue weighted by molar-refractivity contribution is 7.12. The molecule has 0 atom stereocenters. The molecule has 6 heteroatoms. The normalized spacial score (nSPS) is 9.90. The maximum absolute atomic E-state index is 12.1. The smallest absolute Gasteiger partial charge is 0.265 e. The van der Waals surface area contributed by atoms with Gasteiger partial charge in [-0.25, -0.2) is 0 Å². The van der Waals surface area contributed by atoms with Crippen LogP contribution in [0.1, 0.15) is 15.2 Å². The van der Waals surface area contributed by atoms with Gasteiger partial charge in [-0.05, 0) is 29.6 Å². The van der Waals surface area contributed by atoms with Crippen LogP contribution in [0.25, 0.3) is 0 Å². The Morgan fingerprint density at radius 3 is 2.90 bits per heavy atom. The van der Waals surface area contributed by atoms with Gasteiger partial charge in [-0.15, -0.1) is 11.3 Å². The first-order valence-electron chi connectivity index (χ1n) is 6.25. The highest BCUT2D eigenvalue weighted by Crippen LogP contribution is 2.26. The fourth-order valence-electron chi connectivity index (χ4n) is 1.65. The highest BCUT2D eigenvalue weighted by Gasteiger charge is 2.11. The molecule has 0 unspecified atom stereocenters. The summed E-state index contributed by atoms with van der Waals surface area (Å²) in [5.41, 5.74) is 0.930. The van der Waals surface area contributed by atoms with E-state index in [4.69, 9.17) is 14.7 Å². The monoisotopic (exact) mass is 302 g/mol. The van der Waals surface area contributed by atoms with Gasteiger partial charge < -0.3 is 14.8 Å². The number of rotatable bonds is 6. The molecule has 0 saturated heterocycles. The molecule has 2 aromatic rings. The Morgan fingerprint density at radius 1 is 1.38 bits per heavy atom. The largest absolute Gasteiger partial charge is 0.489 e. The van der Waals surface area contributed by atoms with Crippen molar-refractivity contribution in [2.75, 3.05) is 25.6 Å². The second-order valence-corrected chi connectivity index (χ2v) is 5.04. The molecule has 0 spiro atoms. The number of amides is 1. The van der Waals surface area contributed by atoms with Crippen LogP contribution in [0.4, 0.5) is 5.69 Å². The summed E-state index contributed by atoms with van der Waals surface area (Å²) in [6.45, 7) is 0.808. The van der Waals surface area contributed by atoms with Gasteiger partial charge in [0.25, 0.3) is 5.91 Å². The average Bonchev–Trinajstić information content (AvgIpc) is 3.03. The summed E-state index contributed by atoms with van der Waals surface area (Å²) in [5.74, 6) is 0.285. The zero-order valence-corrected chi connectivity index (χ0v) is 12.3. The van der Waals surface area contributed by atoms with Gasteiger partial charge in [-0.1, -0.05) is 6.07 Å². The van der Waals surface area contributed by atoms with Crippen LogP contribution < -0.4 is 10.1 Å². The Kier molecular flexibility index (Phi) is 5.32. The van der Waals surface area contributed by atoms with E-state index < -0.39 is 0 Å². The highest BCUT2D eigenvalue weighted by atomic mass is 32.1. The molecule has 0 aliphatic heterocycles. The van der Waals surface area contributed by atoms with Crippen molar-refractivity contribution in [1.82, 2.24) is 0 Å². The predicted molar refractivity (Wildman–Crippen MR) is 80.8 cm³/mol. The number of ether oxygens (including phenoxy) is 2. The van der Waals surface area contributed by atoms with Crippen LogP contribution >= 0.6 is 11.3 Å². The van der Waals surface area contributed by atoms with Gasteiger partial charge in [0.15, 0.2) is 0 Å². The summed E-state index contributed by atoms with van der Waals surface area (Å²) >= 11 is 1.35. The van der Waals surface area contributed by atoms with Crippen LogP contribution in [-0.2, 0) is 4.74 Å². The lowest BCUT2D eigenvalue weighted by Crippen LogP contribution is -2.13. The minimum absolute atomic E-state index is 0.225. The number of hydrogen-bond donors (Lipinski definition) is 1. The average molecular weight is 302 g/mol. The van der Waals surface area contributed by atoms with E-state index in [1.54, 1.807) is 37.4 Å². The van der Waals surface area contributed by atoms with E-state index in [0.29, 0.717) is 35.1 Å². The lowest BCUT2D eigenvalue weighted by molar-refractivity contribution is 0.102. The Labute approximate surface area is 126 Å². The zero-order chi connectivity index (χ0) is 15.1. The van der Waals surface area contributed by atoms with Crippen molar-refractivity contribution in [1.29, 1.82) is 5.26 Å². The number of anilines is 1. The molecule has 5 nitrogen and oxygen atoms in total. The number of carbonyl (C=O) groups excluding carboxylic acids is 1. The van der Waals surface area contributed by atoms with Crippen LogP contribution in [0.3, 0.4) is 0 Å². The molecule has 0 fully saturated rings. The van der Waals surface area contributed by atoms with Crippen molar-refractivity contribution < 1.29 is 14.3 Å². The molecule has 2 rings (SSSR count). The van der Waals surface area contributed by atoms with Gasteiger partial charge >= 0.3 is 0 Å². The third kappa shape index (κ3) is 4.05. The second-order valence-electron chi connectivity index (χ2n) is 4.10. The van der Waals surface area contributed by atoms with E-state index in [1.807, 2.05) is 11.4 Å². The summed E-state index contributed by atoms with van der Waals surface area (Å²) in [4.78, 5) is 12.7. The summed E-state index contributed by atoms with van der Waals surface area (Å²) in [5, 5.41) is 13.6. The Bertz CT molecular complexity index is 647. The maximum Gasteiger partial charge on any atom is 0.265 e. The minimum Gasteiger partial charge on any atom is -0.489 e. The molecule has 1 aromatic carbocycles. The van der Waals surface area contributed by atoms with Crippen molar-refractivity contribution in [3.8, 4) is 11.8 Å². The van der Waals surface area contributed by atoms with E-state index in [2.05, 4.69) is 5.32 Å². The Hall–Kier alpha value is -2.36. The van der Waals surface area contributed by atoms with Crippen LogP contribution in [0, 0.1) is 11.3 Å². The maximum atomic E-state index is 12.1. The molecule has 0 saturated carbocycles. The number of methoxy groups -OCH3 is 1. The van der Waals surface area contributed by atoms with E-state index in [0.717, 1.165) is 0 Å². The summed E-state index contributed by atoms with van der Waals surface area (Å²) in [6, 6.07) is 10.5. The first-order valence-corrected chi connectivity index (χ1v) is 7.13. The van der Waals surface area contributed by atoms with Crippen molar-refractivity contribution in [2.24, 2.45) is 0 Å². The summed E-state index contributed by atoms with van der Waals surface area (Å²) in [6.07, 6.45) is 0. The molecule has 0 aliphatic carbocycles. The third-order valence-corrected chi connectivity index (χ3v) is 3.52. The number of nitrogens with zero attached hydrogens (tertiary/aromatic N) is 1. The first kappa shape index (κ1) is 15.0. The lowest BCUT2D eigenvalue weighted by Gasteiger charge is -2.12. The number of thiophene rings is 1. The van der Waals surface area contributed by atoms with Crippen LogP contribution in [0.5, 0.6) is 5.75 Å². The van der Waals surface area contributed by atoms with Gasteiger partial charge in [-0.3, -0.25) is 4.79 Å². The second kappa shape index (κ2) is 7.43. The standard InChI is InChI=1S/C15H14N2O3S/c1-19-6-7-20-13-5-4-11(10-16)9-12(13)17-15(18)14-3-2-8-21-14/h2-5,8-9H,6-7H2,1H3,(H,17,18). The van der Waals surface area contributed by atoms with Crippen molar-refractivity contribution in [2.45, 2.75) is 0 Å². The zero-order valence-electron chi connectivity index (χ0n) is 11.5. The summed E-state index contributed by atoms with van der Waals surface area (Å²) in [7, 11) is 1.58. The molecule has 108 valence electrons. The van der Waals surface area contributed by atoms with Crippen LogP contribution in [-0.4, -0.2) is 26.2 Å². The van der Waals surface area contributed by atoms with Crippen LogP contribution in [0.15, 0.2) is 35.7 Å². The van der Waals surface area contributed by atoms with Gasteiger partial charge in [0.1, 0.15) is 12.4 Å². The van der Waals surface area contributed by atoms with E-state index in [9.17, 15) is 4.79 Å². The quantitative estimate of drug-likeness (QED) is 0.833. The van der Waals surface area contributed by atoms with Crippen molar-refractivity contribution in [3.05, 3.63) is 46.2 Å². The van der Waals surface area contributed by atoms with Gasteiger partial charge in [0.05, 0.1) is 28.8 Å². The topological polar surface area (TPSA) is 71.3 Å². The number of nitrogens with one attached hydrogen (secondary N) is 1. The number of nitriles is 1. The van der Waals surface area contributed by atoms with Gasteiger partial charge in [0.2, 0.25) is 0 Å². The molecule has 1 N–H and O–H groups in total. The molecule has 0 bridgehead atoms. The van der Waals surface area contributed by atoms with Crippen LogP contribution in [0.2, 0.25) is 0 Å². The third-order valence-electron chi connectivity index (χ3n) is 2.65. The molecule has 1 aromatic heterocycles. The predicted octanol–water partition coefficient (Wildman–Crippen LogP) is 2.90. The van der Waals surface area contributed by atoms with Gasteiger partial charge in [0, 0.05) is 7.11 Å².